The smallest absolute Gasteiger partial charge is 0.131 e. The second-order valence-electron chi connectivity index (χ2n) is 4.57. The molecule has 0 unspecified atom stereocenters. The second-order valence-corrected chi connectivity index (χ2v) is 4.57. The van der Waals surface area contributed by atoms with E-state index in [-0.39, 0.29) is 0 Å². The van der Waals surface area contributed by atoms with Crippen LogP contribution in [0.25, 0.3) is 0 Å². The SMILES string of the molecule is N#Cc1ccnc(Nc2ccc3c(c2)CCCN3)c1. The lowest BCUT2D eigenvalue weighted by Gasteiger charge is -2.19. The largest absolute Gasteiger partial charge is 0.385 e. The summed E-state index contributed by atoms with van der Waals surface area (Å²) in [6.07, 6.45) is 3.91. The van der Waals surface area contributed by atoms with Gasteiger partial charge in [0, 0.05) is 24.1 Å². The van der Waals surface area contributed by atoms with Crippen molar-refractivity contribution >= 4 is 17.2 Å². The van der Waals surface area contributed by atoms with Crippen LogP contribution in [-0.2, 0) is 6.42 Å². The third-order valence-corrected chi connectivity index (χ3v) is 3.21. The van der Waals surface area contributed by atoms with Crippen LogP contribution in [0.3, 0.4) is 0 Å². The lowest BCUT2D eigenvalue weighted by molar-refractivity contribution is 0.830. The molecule has 4 heteroatoms. The molecule has 0 bridgehead atoms. The van der Waals surface area contributed by atoms with Gasteiger partial charge in [-0.15, -0.1) is 0 Å². The summed E-state index contributed by atoms with van der Waals surface area (Å²) in [4.78, 5) is 4.22. The molecule has 1 aromatic carbocycles. The lowest BCUT2D eigenvalue weighted by atomic mass is 10.0. The Labute approximate surface area is 112 Å². The van der Waals surface area contributed by atoms with Gasteiger partial charge >= 0.3 is 0 Å². The van der Waals surface area contributed by atoms with Crippen molar-refractivity contribution in [2.75, 3.05) is 17.2 Å². The Bertz CT molecular complexity index is 643. The number of pyridine rings is 1. The molecule has 0 saturated heterocycles. The van der Waals surface area contributed by atoms with Gasteiger partial charge in [-0.05, 0) is 48.7 Å². The number of aryl methyl sites for hydroxylation is 1. The highest BCUT2D eigenvalue weighted by Gasteiger charge is 2.08. The average molecular weight is 250 g/mol. The van der Waals surface area contributed by atoms with Crippen LogP contribution in [0.15, 0.2) is 36.5 Å². The van der Waals surface area contributed by atoms with Crippen LogP contribution in [0.4, 0.5) is 17.2 Å². The van der Waals surface area contributed by atoms with Crippen molar-refractivity contribution in [1.29, 1.82) is 5.26 Å². The van der Waals surface area contributed by atoms with Gasteiger partial charge in [-0.3, -0.25) is 0 Å². The fraction of sp³-hybridized carbons (Fsp3) is 0.200. The lowest BCUT2D eigenvalue weighted by Crippen LogP contribution is -2.11. The fourth-order valence-corrected chi connectivity index (χ4v) is 2.27. The molecule has 2 heterocycles. The highest BCUT2D eigenvalue weighted by atomic mass is 15.0. The Morgan fingerprint density at radius 1 is 1.26 bits per heavy atom. The van der Waals surface area contributed by atoms with E-state index in [1.165, 1.54) is 17.7 Å². The van der Waals surface area contributed by atoms with Gasteiger partial charge < -0.3 is 10.6 Å². The van der Waals surface area contributed by atoms with E-state index < -0.39 is 0 Å². The molecule has 2 aromatic rings. The van der Waals surface area contributed by atoms with Gasteiger partial charge in [0.1, 0.15) is 5.82 Å². The van der Waals surface area contributed by atoms with Crippen molar-refractivity contribution in [2.45, 2.75) is 12.8 Å². The molecule has 2 N–H and O–H groups in total. The number of fused-ring (bicyclic) bond motifs is 1. The number of benzene rings is 1. The minimum Gasteiger partial charge on any atom is -0.385 e. The number of aromatic nitrogens is 1. The molecule has 0 radical (unpaired) electrons. The molecule has 0 saturated carbocycles. The van der Waals surface area contributed by atoms with Crippen LogP contribution in [0.1, 0.15) is 17.5 Å². The minimum absolute atomic E-state index is 0.608. The molecule has 1 aliphatic heterocycles. The van der Waals surface area contributed by atoms with Gasteiger partial charge in [0.05, 0.1) is 11.6 Å². The third kappa shape index (κ3) is 2.50. The van der Waals surface area contributed by atoms with E-state index in [1.807, 2.05) is 6.07 Å². The van der Waals surface area contributed by atoms with Crippen molar-refractivity contribution in [2.24, 2.45) is 0 Å². The topological polar surface area (TPSA) is 60.7 Å². The zero-order chi connectivity index (χ0) is 13.1. The number of nitrogens with zero attached hydrogens (tertiary/aromatic N) is 2. The first-order chi connectivity index (χ1) is 9.35. The van der Waals surface area contributed by atoms with E-state index in [9.17, 15) is 0 Å². The molecule has 19 heavy (non-hydrogen) atoms. The van der Waals surface area contributed by atoms with E-state index in [1.54, 1.807) is 18.3 Å². The third-order valence-electron chi connectivity index (χ3n) is 3.21. The first kappa shape index (κ1) is 11.5. The molecule has 94 valence electrons. The predicted octanol–water partition coefficient (Wildman–Crippen LogP) is 3.05. The van der Waals surface area contributed by atoms with E-state index in [0.717, 1.165) is 18.7 Å². The first-order valence-corrected chi connectivity index (χ1v) is 6.35. The molecule has 0 spiro atoms. The van der Waals surface area contributed by atoms with Crippen LogP contribution in [0, 0.1) is 11.3 Å². The fourth-order valence-electron chi connectivity index (χ4n) is 2.27. The van der Waals surface area contributed by atoms with Crippen LogP contribution in [0.5, 0.6) is 0 Å². The highest BCUT2D eigenvalue weighted by molar-refractivity contribution is 5.65. The van der Waals surface area contributed by atoms with Crippen LogP contribution >= 0.6 is 0 Å². The summed E-state index contributed by atoms with van der Waals surface area (Å²) in [5.41, 5.74) is 4.16. The summed E-state index contributed by atoms with van der Waals surface area (Å²) >= 11 is 0. The van der Waals surface area contributed by atoms with Crippen LogP contribution < -0.4 is 10.6 Å². The van der Waals surface area contributed by atoms with Crippen molar-refractivity contribution in [3.8, 4) is 6.07 Å². The quantitative estimate of drug-likeness (QED) is 0.860. The molecule has 0 aliphatic carbocycles. The number of hydrogen-bond acceptors (Lipinski definition) is 4. The van der Waals surface area contributed by atoms with Gasteiger partial charge in [-0.1, -0.05) is 0 Å². The second kappa shape index (κ2) is 4.99. The van der Waals surface area contributed by atoms with Gasteiger partial charge in [-0.2, -0.15) is 5.26 Å². The molecule has 4 nitrogen and oxygen atoms in total. The number of nitriles is 1. The maximum atomic E-state index is 8.87. The van der Waals surface area contributed by atoms with Crippen molar-refractivity contribution in [3.63, 3.8) is 0 Å². The van der Waals surface area contributed by atoms with Gasteiger partial charge in [0.2, 0.25) is 0 Å². The summed E-state index contributed by atoms with van der Waals surface area (Å²) in [5.74, 6) is 0.697. The molecule has 0 atom stereocenters. The van der Waals surface area contributed by atoms with Crippen molar-refractivity contribution < 1.29 is 0 Å². The number of rotatable bonds is 2. The van der Waals surface area contributed by atoms with E-state index in [0.29, 0.717) is 11.4 Å². The monoisotopic (exact) mass is 250 g/mol. The summed E-state index contributed by atoms with van der Waals surface area (Å²) in [5, 5.41) is 15.5. The highest BCUT2D eigenvalue weighted by Crippen LogP contribution is 2.26. The standard InChI is InChI=1S/C15H14N4/c16-10-11-5-7-18-15(8-11)19-13-3-4-14-12(9-13)2-1-6-17-14/h3-5,7-9,17H,1-2,6H2,(H,18,19). The molecule has 1 aliphatic rings. The Hall–Kier alpha value is -2.54. The molecule has 0 amide bonds. The summed E-state index contributed by atoms with van der Waals surface area (Å²) < 4.78 is 0. The average Bonchev–Trinajstić information content (AvgIpc) is 2.47. The minimum atomic E-state index is 0.608. The summed E-state index contributed by atoms with van der Waals surface area (Å²) in [7, 11) is 0. The molecular weight excluding hydrogens is 236 g/mol. The first-order valence-electron chi connectivity index (χ1n) is 6.35. The van der Waals surface area contributed by atoms with Gasteiger partial charge in [-0.25, -0.2) is 4.98 Å². The summed E-state index contributed by atoms with van der Waals surface area (Å²) in [6, 6.07) is 11.8. The normalized spacial score (nSPS) is 13.0. The Balaban J connectivity index is 1.85. The van der Waals surface area contributed by atoms with E-state index in [2.05, 4.69) is 33.8 Å². The van der Waals surface area contributed by atoms with Crippen LogP contribution in [-0.4, -0.2) is 11.5 Å². The molecule has 0 fully saturated rings. The van der Waals surface area contributed by atoms with Crippen LogP contribution in [0.2, 0.25) is 0 Å². The van der Waals surface area contributed by atoms with E-state index >= 15 is 0 Å². The van der Waals surface area contributed by atoms with E-state index in [4.69, 9.17) is 5.26 Å². The zero-order valence-electron chi connectivity index (χ0n) is 10.5. The van der Waals surface area contributed by atoms with Crippen molar-refractivity contribution in [1.82, 2.24) is 4.98 Å². The summed E-state index contributed by atoms with van der Waals surface area (Å²) in [6.45, 7) is 1.05. The van der Waals surface area contributed by atoms with Gasteiger partial charge in [0.15, 0.2) is 0 Å². The number of nitrogens with one attached hydrogen (secondary N) is 2. The number of anilines is 3. The zero-order valence-corrected chi connectivity index (χ0v) is 10.5. The predicted molar refractivity (Wildman–Crippen MR) is 75.5 cm³/mol. The number of hydrogen-bond donors (Lipinski definition) is 2. The Morgan fingerprint density at radius 2 is 2.21 bits per heavy atom. The maximum absolute atomic E-state index is 8.87. The molecular formula is C15H14N4. The molecule has 1 aromatic heterocycles. The Kier molecular flexibility index (Phi) is 3.03. The molecule has 3 rings (SSSR count). The van der Waals surface area contributed by atoms with Gasteiger partial charge in [0.25, 0.3) is 0 Å². The Morgan fingerprint density at radius 3 is 3.11 bits per heavy atom. The van der Waals surface area contributed by atoms with Crippen molar-refractivity contribution in [3.05, 3.63) is 47.7 Å². The maximum Gasteiger partial charge on any atom is 0.131 e.